The lowest BCUT2D eigenvalue weighted by molar-refractivity contribution is 0.103. The van der Waals surface area contributed by atoms with Gasteiger partial charge in [0.15, 0.2) is 5.78 Å². The smallest absolute Gasteiger partial charge is 0.193 e. The van der Waals surface area contributed by atoms with Crippen LogP contribution in [0, 0.1) is 0 Å². The first-order valence-electron chi connectivity index (χ1n) is 7.69. The molecule has 1 aliphatic rings. The van der Waals surface area contributed by atoms with E-state index in [2.05, 4.69) is 0 Å². The zero-order valence-electron chi connectivity index (χ0n) is 12.1. The number of rotatable bonds is 4. The van der Waals surface area contributed by atoms with Gasteiger partial charge in [0, 0.05) is 11.1 Å². The molecule has 2 aromatic rings. The van der Waals surface area contributed by atoms with E-state index in [4.69, 9.17) is 4.74 Å². The summed E-state index contributed by atoms with van der Waals surface area (Å²) in [6.45, 7) is 0. The van der Waals surface area contributed by atoms with Gasteiger partial charge in [0.2, 0.25) is 0 Å². The van der Waals surface area contributed by atoms with Crippen LogP contribution in [-0.2, 0) is 0 Å². The van der Waals surface area contributed by atoms with Gasteiger partial charge in [0.1, 0.15) is 5.75 Å². The van der Waals surface area contributed by atoms with E-state index in [0.29, 0.717) is 17.2 Å². The van der Waals surface area contributed by atoms with Crippen LogP contribution in [0.25, 0.3) is 0 Å². The summed E-state index contributed by atoms with van der Waals surface area (Å²) in [5.74, 6) is 0.855. The van der Waals surface area contributed by atoms with Crippen molar-refractivity contribution in [2.24, 2.45) is 0 Å². The molecule has 0 atom stereocenters. The van der Waals surface area contributed by atoms with Gasteiger partial charge in [-0.2, -0.15) is 0 Å². The number of benzene rings is 2. The van der Waals surface area contributed by atoms with Crippen molar-refractivity contribution in [1.29, 1.82) is 0 Å². The second kappa shape index (κ2) is 6.57. The van der Waals surface area contributed by atoms with Gasteiger partial charge in [0.05, 0.1) is 6.10 Å². The summed E-state index contributed by atoms with van der Waals surface area (Å²) in [6, 6.07) is 16.9. The summed E-state index contributed by atoms with van der Waals surface area (Å²) in [5.41, 5.74) is 1.40. The quantitative estimate of drug-likeness (QED) is 0.763. The number of carbonyl (C=O) groups excluding carboxylic acids is 1. The molecule has 1 fully saturated rings. The van der Waals surface area contributed by atoms with Crippen LogP contribution in [0.4, 0.5) is 0 Å². The third-order valence-electron chi connectivity index (χ3n) is 3.99. The predicted molar refractivity (Wildman–Crippen MR) is 83.8 cm³/mol. The molecule has 0 spiro atoms. The minimum absolute atomic E-state index is 0.0460. The Labute approximate surface area is 125 Å². The van der Waals surface area contributed by atoms with E-state index < -0.39 is 0 Å². The molecule has 2 heteroatoms. The predicted octanol–water partition coefficient (Wildman–Crippen LogP) is 4.63. The van der Waals surface area contributed by atoms with Gasteiger partial charge in [0.25, 0.3) is 0 Å². The molecule has 1 aliphatic carbocycles. The van der Waals surface area contributed by atoms with Crippen LogP contribution < -0.4 is 4.74 Å². The molecule has 0 aliphatic heterocycles. The first kappa shape index (κ1) is 13.9. The molecule has 21 heavy (non-hydrogen) atoms. The lowest BCUT2D eigenvalue weighted by Gasteiger charge is -2.23. The van der Waals surface area contributed by atoms with Gasteiger partial charge in [-0.25, -0.2) is 0 Å². The Kier molecular flexibility index (Phi) is 4.34. The van der Waals surface area contributed by atoms with E-state index in [1.165, 1.54) is 19.3 Å². The van der Waals surface area contributed by atoms with Crippen LogP contribution in [-0.4, -0.2) is 11.9 Å². The second-order valence-electron chi connectivity index (χ2n) is 5.60. The van der Waals surface area contributed by atoms with Crippen molar-refractivity contribution in [3.63, 3.8) is 0 Å². The second-order valence-corrected chi connectivity index (χ2v) is 5.60. The van der Waals surface area contributed by atoms with E-state index in [-0.39, 0.29) is 5.78 Å². The van der Waals surface area contributed by atoms with Gasteiger partial charge in [-0.3, -0.25) is 4.79 Å². The molecule has 0 heterocycles. The van der Waals surface area contributed by atoms with Crippen LogP contribution >= 0.6 is 0 Å². The molecule has 108 valence electrons. The lowest BCUT2D eigenvalue weighted by Crippen LogP contribution is -2.19. The molecular formula is C19H20O2. The summed E-state index contributed by atoms with van der Waals surface area (Å²) >= 11 is 0. The monoisotopic (exact) mass is 280 g/mol. The van der Waals surface area contributed by atoms with Crippen LogP contribution in [0.2, 0.25) is 0 Å². The fourth-order valence-electron chi connectivity index (χ4n) is 2.84. The number of ketones is 1. The third-order valence-corrected chi connectivity index (χ3v) is 3.99. The number of hydrogen-bond acceptors (Lipinski definition) is 2. The van der Waals surface area contributed by atoms with E-state index in [0.717, 1.165) is 18.6 Å². The van der Waals surface area contributed by atoms with Crippen molar-refractivity contribution in [3.05, 3.63) is 65.7 Å². The molecule has 0 unspecified atom stereocenters. The largest absolute Gasteiger partial charge is 0.490 e. The molecule has 0 bridgehead atoms. The van der Waals surface area contributed by atoms with Crippen LogP contribution in [0.15, 0.2) is 54.6 Å². The van der Waals surface area contributed by atoms with Gasteiger partial charge in [-0.1, -0.05) is 48.9 Å². The zero-order valence-corrected chi connectivity index (χ0v) is 12.1. The molecule has 0 N–H and O–H groups in total. The van der Waals surface area contributed by atoms with Crippen molar-refractivity contribution in [3.8, 4) is 5.75 Å². The molecule has 3 rings (SSSR count). The highest BCUT2D eigenvalue weighted by Gasteiger charge is 2.16. The summed E-state index contributed by atoms with van der Waals surface area (Å²) in [7, 11) is 0. The number of carbonyl (C=O) groups is 1. The summed E-state index contributed by atoms with van der Waals surface area (Å²) in [4.78, 5) is 12.4. The zero-order chi connectivity index (χ0) is 14.5. The standard InChI is InChI=1S/C19H20O2/c20-19(15-8-3-1-4-9-15)16-10-7-13-18(14-16)21-17-11-5-2-6-12-17/h1,3-4,7-10,13-14,17H,2,5-6,11-12H2. The van der Waals surface area contributed by atoms with Crippen molar-refractivity contribution < 1.29 is 9.53 Å². The van der Waals surface area contributed by atoms with Gasteiger partial charge in [-0.05, 0) is 37.8 Å². The molecule has 0 amide bonds. The average molecular weight is 280 g/mol. The first-order chi connectivity index (χ1) is 10.3. The molecule has 2 aromatic carbocycles. The van der Waals surface area contributed by atoms with Crippen LogP contribution in [0.3, 0.4) is 0 Å². The highest BCUT2D eigenvalue weighted by atomic mass is 16.5. The lowest BCUT2D eigenvalue weighted by atomic mass is 9.97. The number of hydrogen-bond donors (Lipinski definition) is 0. The van der Waals surface area contributed by atoms with Gasteiger partial charge < -0.3 is 4.74 Å². The van der Waals surface area contributed by atoms with Crippen molar-refractivity contribution >= 4 is 5.78 Å². The van der Waals surface area contributed by atoms with Crippen LogP contribution in [0.1, 0.15) is 48.0 Å². The summed E-state index contributed by atoms with van der Waals surface area (Å²) in [6.07, 6.45) is 6.35. The molecule has 1 saturated carbocycles. The fourth-order valence-corrected chi connectivity index (χ4v) is 2.84. The Morgan fingerprint density at radius 3 is 2.33 bits per heavy atom. The van der Waals surface area contributed by atoms with Crippen molar-refractivity contribution in [1.82, 2.24) is 0 Å². The highest BCUT2D eigenvalue weighted by Crippen LogP contribution is 2.24. The van der Waals surface area contributed by atoms with Crippen molar-refractivity contribution in [2.45, 2.75) is 38.2 Å². The Morgan fingerprint density at radius 1 is 0.857 bits per heavy atom. The third kappa shape index (κ3) is 3.52. The Bertz CT molecular complexity index is 598. The van der Waals surface area contributed by atoms with E-state index >= 15 is 0 Å². The highest BCUT2D eigenvalue weighted by molar-refractivity contribution is 6.09. The topological polar surface area (TPSA) is 26.3 Å². The normalized spacial score (nSPS) is 15.6. The number of ether oxygens (including phenoxy) is 1. The van der Waals surface area contributed by atoms with E-state index in [1.807, 2.05) is 54.6 Å². The fraction of sp³-hybridized carbons (Fsp3) is 0.316. The average Bonchev–Trinajstić information content (AvgIpc) is 2.56. The van der Waals surface area contributed by atoms with Gasteiger partial charge >= 0.3 is 0 Å². The minimum atomic E-state index is 0.0460. The summed E-state index contributed by atoms with van der Waals surface area (Å²) < 4.78 is 6.03. The Hall–Kier alpha value is -2.09. The maximum absolute atomic E-state index is 12.4. The van der Waals surface area contributed by atoms with E-state index in [1.54, 1.807) is 0 Å². The van der Waals surface area contributed by atoms with E-state index in [9.17, 15) is 4.79 Å². The molecule has 2 nitrogen and oxygen atoms in total. The Morgan fingerprint density at radius 2 is 1.57 bits per heavy atom. The summed E-state index contributed by atoms with van der Waals surface area (Å²) in [5, 5.41) is 0. The molecule has 0 saturated heterocycles. The molecular weight excluding hydrogens is 260 g/mol. The maximum atomic E-state index is 12.4. The SMILES string of the molecule is O=C(c1ccccc1)c1cccc(OC2CCCCC2)c1. The minimum Gasteiger partial charge on any atom is -0.490 e. The maximum Gasteiger partial charge on any atom is 0.193 e. The Balaban J connectivity index is 1.75. The molecule has 0 radical (unpaired) electrons. The molecule has 0 aromatic heterocycles. The van der Waals surface area contributed by atoms with Gasteiger partial charge in [-0.15, -0.1) is 0 Å². The van der Waals surface area contributed by atoms with Crippen molar-refractivity contribution in [2.75, 3.05) is 0 Å². The van der Waals surface area contributed by atoms with Crippen LogP contribution in [0.5, 0.6) is 5.75 Å². The first-order valence-corrected chi connectivity index (χ1v) is 7.69.